The average molecular weight is 370 g/mol. The van der Waals surface area contributed by atoms with E-state index in [1.54, 1.807) is 30.2 Å². The quantitative estimate of drug-likeness (QED) is 0.747. The van der Waals surface area contributed by atoms with Crippen LogP contribution in [0.3, 0.4) is 0 Å². The number of halogens is 1. The van der Waals surface area contributed by atoms with Gasteiger partial charge in [-0.1, -0.05) is 18.2 Å². The Labute approximate surface area is 147 Å². The molecule has 138 valence electrons. The van der Waals surface area contributed by atoms with Crippen molar-refractivity contribution in [3.8, 4) is 0 Å². The highest BCUT2D eigenvalue weighted by atomic mass is 32.2. The second kappa shape index (κ2) is 7.39. The maximum absolute atomic E-state index is 13.8. The number of methoxy groups -OCH3 is 1. The molecule has 3 rings (SSSR count). The number of rotatable bonds is 5. The van der Waals surface area contributed by atoms with Gasteiger partial charge in [0, 0.05) is 32.8 Å². The molecule has 0 radical (unpaired) electrons. The maximum Gasteiger partial charge on any atom is 0.227 e. The molecule has 1 aromatic carbocycles. The molecule has 2 heterocycles. The molecule has 8 heteroatoms. The lowest BCUT2D eigenvalue weighted by Gasteiger charge is -2.44. The first-order valence-corrected chi connectivity index (χ1v) is 10.2. The largest absolute Gasteiger partial charge is 0.383 e. The van der Waals surface area contributed by atoms with Crippen LogP contribution in [0.25, 0.3) is 0 Å². The minimum atomic E-state index is -3.18. The third-order valence-corrected chi connectivity index (χ3v) is 6.69. The highest BCUT2D eigenvalue weighted by Crippen LogP contribution is 2.27. The zero-order valence-corrected chi connectivity index (χ0v) is 15.0. The van der Waals surface area contributed by atoms with E-state index in [0.717, 1.165) is 0 Å². The Morgan fingerprint density at radius 3 is 2.68 bits per heavy atom. The van der Waals surface area contributed by atoms with Gasteiger partial charge in [-0.15, -0.1) is 0 Å². The van der Waals surface area contributed by atoms with Crippen molar-refractivity contribution in [2.24, 2.45) is 0 Å². The van der Waals surface area contributed by atoms with Gasteiger partial charge in [0.05, 0.1) is 30.6 Å². The van der Waals surface area contributed by atoms with Crippen LogP contribution in [0.5, 0.6) is 0 Å². The van der Waals surface area contributed by atoms with Gasteiger partial charge in [-0.3, -0.25) is 9.69 Å². The van der Waals surface area contributed by atoms with Crippen molar-refractivity contribution in [2.75, 3.05) is 44.9 Å². The molecular weight excluding hydrogens is 347 g/mol. The van der Waals surface area contributed by atoms with Gasteiger partial charge in [-0.05, 0) is 11.6 Å². The van der Waals surface area contributed by atoms with Crippen molar-refractivity contribution in [1.82, 2.24) is 9.80 Å². The third-order valence-electron chi connectivity index (χ3n) is 4.99. The highest BCUT2D eigenvalue weighted by molar-refractivity contribution is 7.91. The van der Waals surface area contributed by atoms with Gasteiger partial charge in [-0.25, -0.2) is 12.8 Å². The molecule has 0 N–H and O–H groups in total. The van der Waals surface area contributed by atoms with Gasteiger partial charge in [0.1, 0.15) is 5.82 Å². The van der Waals surface area contributed by atoms with Crippen LogP contribution < -0.4 is 0 Å². The van der Waals surface area contributed by atoms with Gasteiger partial charge >= 0.3 is 0 Å². The van der Waals surface area contributed by atoms with Gasteiger partial charge in [0.15, 0.2) is 9.84 Å². The van der Waals surface area contributed by atoms with E-state index >= 15 is 0 Å². The number of fused-ring (bicyclic) bond motifs is 1. The first-order valence-electron chi connectivity index (χ1n) is 8.37. The summed E-state index contributed by atoms with van der Waals surface area (Å²) in [7, 11) is -1.58. The van der Waals surface area contributed by atoms with Gasteiger partial charge in [-0.2, -0.15) is 0 Å². The smallest absolute Gasteiger partial charge is 0.227 e. The van der Waals surface area contributed by atoms with E-state index in [0.29, 0.717) is 31.8 Å². The van der Waals surface area contributed by atoms with E-state index in [2.05, 4.69) is 4.90 Å². The molecule has 2 aliphatic rings. The summed E-state index contributed by atoms with van der Waals surface area (Å²) < 4.78 is 43.2. The summed E-state index contributed by atoms with van der Waals surface area (Å²) in [6.07, 6.45) is -0.0476. The number of hydrogen-bond acceptors (Lipinski definition) is 5. The van der Waals surface area contributed by atoms with Crippen molar-refractivity contribution in [2.45, 2.75) is 18.5 Å². The lowest BCUT2D eigenvalue weighted by molar-refractivity contribution is -0.136. The zero-order chi connectivity index (χ0) is 18.0. The fourth-order valence-electron chi connectivity index (χ4n) is 3.73. The minimum absolute atomic E-state index is 0.0237. The number of nitrogens with zero attached hydrogens (tertiary/aromatic N) is 2. The van der Waals surface area contributed by atoms with Crippen LogP contribution in [0.1, 0.15) is 5.56 Å². The molecule has 2 atom stereocenters. The molecular formula is C17H23FN2O4S. The lowest BCUT2D eigenvalue weighted by atomic mass is 10.0. The number of ether oxygens (including phenoxy) is 1. The van der Waals surface area contributed by atoms with Crippen molar-refractivity contribution >= 4 is 15.7 Å². The van der Waals surface area contributed by atoms with Crippen LogP contribution in [0.4, 0.5) is 4.39 Å². The SMILES string of the molecule is COCCN1CCN(C(=O)Cc2ccccc2F)[C@H]2CS(=O)(=O)C[C@H]21. The molecule has 2 fully saturated rings. The van der Waals surface area contributed by atoms with Crippen LogP contribution >= 0.6 is 0 Å². The summed E-state index contributed by atoms with van der Waals surface area (Å²) in [5.41, 5.74) is 0.340. The van der Waals surface area contributed by atoms with E-state index in [9.17, 15) is 17.6 Å². The third kappa shape index (κ3) is 4.02. The van der Waals surface area contributed by atoms with E-state index in [4.69, 9.17) is 4.74 Å². The molecule has 0 saturated carbocycles. The van der Waals surface area contributed by atoms with Crippen LogP contribution in [-0.4, -0.2) is 81.1 Å². The summed E-state index contributed by atoms with van der Waals surface area (Å²) in [4.78, 5) is 16.4. The van der Waals surface area contributed by atoms with Crippen molar-refractivity contribution in [3.63, 3.8) is 0 Å². The number of benzene rings is 1. The first-order chi connectivity index (χ1) is 11.9. The van der Waals surface area contributed by atoms with Crippen LogP contribution in [-0.2, 0) is 25.8 Å². The van der Waals surface area contributed by atoms with Gasteiger partial charge in [0.25, 0.3) is 0 Å². The molecule has 2 aliphatic heterocycles. The Balaban J connectivity index is 1.76. The van der Waals surface area contributed by atoms with E-state index in [1.807, 2.05) is 0 Å². The molecule has 0 aliphatic carbocycles. The minimum Gasteiger partial charge on any atom is -0.383 e. The molecule has 1 aromatic rings. The molecule has 2 saturated heterocycles. The van der Waals surface area contributed by atoms with Crippen molar-refractivity contribution < 1.29 is 22.3 Å². The summed E-state index contributed by atoms with van der Waals surface area (Å²) >= 11 is 0. The fourth-order valence-corrected chi connectivity index (χ4v) is 5.74. The molecule has 0 unspecified atom stereocenters. The predicted octanol–water partition coefficient (Wildman–Crippen LogP) is 0.324. The summed E-state index contributed by atoms with van der Waals surface area (Å²) in [6.45, 7) is 2.21. The molecule has 0 bridgehead atoms. The zero-order valence-electron chi connectivity index (χ0n) is 14.2. The molecule has 0 spiro atoms. The number of carbonyl (C=O) groups excluding carboxylic acids is 1. The number of carbonyl (C=O) groups is 1. The van der Waals surface area contributed by atoms with Crippen molar-refractivity contribution in [1.29, 1.82) is 0 Å². The molecule has 0 aromatic heterocycles. The molecule has 6 nitrogen and oxygen atoms in total. The molecule has 1 amide bonds. The molecule has 25 heavy (non-hydrogen) atoms. The fraction of sp³-hybridized carbons (Fsp3) is 0.588. The number of hydrogen-bond donors (Lipinski definition) is 0. The standard InChI is InChI=1S/C17H23FN2O4S/c1-24-9-8-19-6-7-20(16-12-25(22,23)11-15(16)19)17(21)10-13-4-2-3-5-14(13)18/h2-5,15-16H,6-12H2,1H3/t15-,16+/m1/s1. The predicted molar refractivity (Wildman–Crippen MR) is 91.5 cm³/mol. The topological polar surface area (TPSA) is 66.9 Å². The highest BCUT2D eigenvalue weighted by Gasteiger charge is 2.47. The van der Waals surface area contributed by atoms with Crippen LogP contribution in [0.15, 0.2) is 24.3 Å². The van der Waals surface area contributed by atoms with Crippen LogP contribution in [0.2, 0.25) is 0 Å². The monoisotopic (exact) mass is 370 g/mol. The Morgan fingerprint density at radius 2 is 1.96 bits per heavy atom. The Kier molecular flexibility index (Phi) is 5.41. The first kappa shape index (κ1) is 18.3. The maximum atomic E-state index is 13.8. The van der Waals surface area contributed by atoms with Gasteiger partial charge in [0.2, 0.25) is 5.91 Å². The Hall–Kier alpha value is -1.51. The van der Waals surface area contributed by atoms with E-state index < -0.39 is 15.7 Å². The second-order valence-electron chi connectivity index (χ2n) is 6.60. The van der Waals surface area contributed by atoms with Crippen LogP contribution in [0, 0.1) is 5.82 Å². The number of sulfone groups is 1. The summed E-state index contributed by atoms with van der Waals surface area (Å²) in [6, 6.07) is 5.61. The second-order valence-corrected chi connectivity index (χ2v) is 8.75. The Bertz CT molecular complexity index is 740. The Morgan fingerprint density at radius 1 is 1.24 bits per heavy atom. The van der Waals surface area contributed by atoms with Crippen molar-refractivity contribution in [3.05, 3.63) is 35.6 Å². The normalized spacial score (nSPS) is 25.8. The summed E-state index contributed by atoms with van der Waals surface area (Å²) in [5.74, 6) is -0.594. The summed E-state index contributed by atoms with van der Waals surface area (Å²) in [5, 5.41) is 0. The average Bonchev–Trinajstić information content (AvgIpc) is 2.89. The lowest BCUT2D eigenvalue weighted by Crippen LogP contribution is -2.61. The van der Waals surface area contributed by atoms with E-state index in [-0.39, 0.29) is 35.9 Å². The van der Waals surface area contributed by atoms with Gasteiger partial charge < -0.3 is 9.64 Å². The number of piperazine rings is 1. The van der Waals surface area contributed by atoms with E-state index in [1.165, 1.54) is 6.07 Å². The number of amides is 1.